The predicted molar refractivity (Wildman–Crippen MR) is 94.2 cm³/mol. The zero-order valence-corrected chi connectivity index (χ0v) is 15.6. The largest absolute Gasteiger partial charge is 0.483 e. The Bertz CT molecular complexity index is 786. The SMILES string of the molecule is Cc1cc(Br)cc(C)c1OCC(=O)Nc1ccc(Cl)c(C(F)(F)F)c1. The Morgan fingerprint density at radius 1 is 1.20 bits per heavy atom. The molecule has 0 aromatic heterocycles. The highest BCUT2D eigenvalue weighted by Crippen LogP contribution is 2.36. The maximum Gasteiger partial charge on any atom is 0.417 e. The van der Waals surface area contributed by atoms with Gasteiger partial charge in [-0.3, -0.25) is 4.79 Å². The average Bonchev–Trinajstić information content (AvgIpc) is 2.47. The average molecular weight is 437 g/mol. The molecule has 1 amide bonds. The summed E-state index contributed by atoms with van der Waals surface area (Å²) < 4.78 is 44.9. The van der Waals surface area contributed by atoms with Crippen LogP contribution in [0.4, 0.5) is 18.9 Å². The number of carbonyl (C=O) groups excluding carboxylic acids is 1. The number of benzene rings is 2. The molecule has 0 saturated heterocycles. The Hall–Kier alpha value is -1.73. The second kappa shape index (κ2) is 7.66. The van der Waals surface area contributed by atoms with Gasteiger partial charge in [-0.15, -0.1) is 0 Å². The molecule has 134 valence electrons. The van der Waals surface area contributed by atoms with Crippen molar-refractivity contribution in [3.8, 4) is 5.75 Å². The molecule has 0 radical (unpaired) electrons. The Morgan fingerprint density at radius 3 is 2.36 bits per heavy atom. The Balaban J connectivity index is 2.07. The van der Waals surface area contributed by atoms with Gasteiger partial charge in [-0.2, -0.15) is 13.2 Å². The fraction of sp³-hybridized carbons (Fsp3) is 0.235. The van der Waals surface area contributed by atoms with Gasteiger partial charge in [0, 0.05) is 10.2 Å². The number of halogens is 5. The summed E-state index contributed by atoms with van der Waals surface area (Å²) >= 11 is 8.91. The zero-order chi connectivity index (χ0) is 18.8. The summed E-state index contributed by atoms with van der Waals surface area (Å²) in [4.78, 5) is 12.0. The molecule has 0 saturated carbocycles. The number of ether oxygens (including phenoxy) is 1. The van der Waals surface area contributed by atoms with Crippen LogP contribution in [0.5, 0.6) is 5.75 Å². The minimum Gasteiger partial charge on any atom is -0.483 e. The monoisotopic (exact) mass is 435 g/mol. The maximum atomic E-state index is 12.8. The van der Waals surface area contributed by atoms with Gasteiger partial charge in [-0.1, -0.05) is 27.5 Å². The van der Waals surface area contributed by atoms with Crippen LogP contribution in [0.25, 0.3) is 0 Å². The van der Waals surface area contributed by atoms with Gasteiger partial charge in [0.1, 0.15) is 5.75 Å². The molecule has 2 aromatic carbocycles. The third-order valence-corrected chi connectivity index (χ3v) is 4.12. The van der Waals surface area contributed by atoms with Crippen molar-refractivity contribution in [1.29, 1.82) is 0 Å². The van der Waals surface area contributed by atoms with E-state index < -0.39 is 22.7 Å². The van der Waals surface area contributed by atoms with Crippen molar-refractivity contribution in [3.05, 3.63) is 56.5 Å². The van der Waals surface area contributed by atoms with Gasteiger partial charge in [-0.25, -0.2) is 0 Å². The number of amides is 1. The highest BCUT2D eigenvalue weighted by Gasteiger charge is 2.33. The molecule has 2 rings (SSSR count). The first kappa shape index (κ1) is 19.6. The highest BCUT2D eigenvalue weighted by atomic mass is 79.9. The van der Waals surface area contributed by atoms with E-state index in [9.17, 15) is 18.0 Å². The minimum atomic E-state index is -4.60. The predicted octanol–water partition coefficient (Wildman–Crippen LogP) is 5.76. The molecule has 25 heavy (non-hydrogen) atoms. The molecule has 0 spiro atoms. The van der Waals surface area contributed by atoms with Crippen LogP contribution in [-0.4, -0.2) is 12.5 Å². The minimum absolute atomic E-state index is 0.00502. The van der Waals surface area contributed by atoms with E-state index in [2.05, 4.69) is 21.2 Å². The molecule has 2 aromatic rings. The van der Waals surface area contributed by atoms with Crippen LogP contribution in [0.1, 0.15) is 16.7 Å². The molecule has 8 heteroatoms. The smallest absolute Gasteiger partial charge is 0.417 e. The quantitative estimate of drug-likeness (QED) is 0.662. The van der Waals surface area contributed by atoms with E-state index in [1.165, 1.54) is 6.07 Å². The molecule has 0 aliphatic rings. The van der Waals surface area contributed by atoms with Gasteiger partial charge in [0.15, 0.2) is 6.61 Å². The van der Waals surface area contributed by atoms with E-state index >= 15 is 0 Å². The third-order valence-electron chi connectivity index (χ3n) is 3.33. The van der Waals surface area contributed by atoms with Gasteiger partial charge in [0.25, 0.3) is 5.91 Å². The first-order valence-corrected chi connectivity index (χ1v) is 8.31. The van der Waals surface area contributed by atoms with Crippen LogP contribution in [0.2, 0.25) is 5.02 Å². The Labute approximate surface area is 156 Å². The van der Waals surface area contributed by atoms with Gasteiger partial charge in [0.2, 0.25) is 0 Å². The van der Waals surface area contributed by atoms with E-state index in [0.717, 1.165) is 27.7 Å². The summed E-state index contributed by atoms with van der Waals surface area (Å²) in [5.74, 6) is -0.0115. The molecule has 0 unspecified atom stereocenters. The fourth-order valence-corrected chi connectivity index (χ4v) is 3.19. The van der Waals surface area contributed by atoms with Gasteiger partial charge < -0.3 is 10.1 Å². The maximum absolute atomic E-state index is 12.8. The molecule has 0 atom stereocenters. The molecule has 1 N–H and O–H groups in total. The number of carbonyl (C=O) groups is 1. The van der Waals surface area contributed by atoms with Crippen molar-refractivity contribution in [2.45, 2.75) is 20.0 Å². The first-order chi connectivity index (χ1) is 11.6. The number of alkyl halides is 3. The second-order valence-corrected chi connectivity index (χ2v) is 6.72. The van der Waals surface area contributed by atoms with Gasteiger partial charge in [0.05, 0.1) is 10.6 Å². The van der Waals surface area contributed by atoms with Crippen LogP contribution in [0.3, 0.4) is 0 Å². The highest BCUT2D eigenvalue weighted by molar-refractivity contribution is 9.10. The lowest BCUT2D eigenvalue weighted by Gasteiger charge is -2.14. The standard InChI is InChI=1S/C17H14BrClF3NO2/c1-9-5-11(18)6-10(2)16(9)25-8-15(24)23-12-3-4-14(19)13(7-12)17(20,21)22/h3-7H,8H2,1-2H3,(H,23,24). The fourth-order valence-electron chi connectivity index (χ4n) is 2.28. The van der Waals surface area contributed by atoms with Crippen LogP contribution < -0.4 is 10.1 Å². The van der Waals surface area contributed by atoms with Crippen molar-refractivity contribution in [2.75, 3.05) is 11.9 Å². The van der Waals surface area contributed by atoms with Crippen molar-refractivity contribution < 1.29 is 22.7 Å². The molecule has 0 aliphatic heterocycles. The first-order valence-electron chi connectivity index (χ1n) is 7.14. The molecular weight excluding hydrogens is 423 g/mol. The summed E-state index contributed by atoms with van der Waals surface area (Å²) in [6.07, 6.45) is -4.60. The van der Waals surface area contributed by atoms with E-state index in [-0.39, 0.29) is 12.3 Å². The number of nitrogens with one attached hydrogen (secondary N) is 1. The lowest BCUT2D eigenvalue weighted by atomic mass is 10.1. The number of rotatable bonds is 4. The van der Waals surface area contributed by atoms with Crippen molar-refractivity contribution >= 4 is 39.1 Å². The van der Waals surface area contributed by atoms with Crippen molar-refractivity contribution in [3.63, 3.8) is 0 Å². The number of aryl methyl sites for hydroxylation is 2. The summed E-state index contributed by atoms with van der Waals surface area (Å²) in [5, 5.41) is 1.94. The zero-order valence-electron chi connectivity index (χ0n) is 13.3. The summed E-state index contributed by atoms with van der Waals surface area (Å²) in [5.41, 5.74) is 0.665. The van der Waals surface area contributed by atoms with Crippen LogP contribution >= 0.6 is 27.5 Å². The van der Waals surface area contributed by atoms with E-state index in [1.807, 2.05) is 26.0 Å². The topological polar surface area (TPSA) is 38.3 Å². The number of hydrogen-bond acceptors (Lipinski definition) is 2. The number of anilines is 1. The van der Waals surface area contributed by atoms with Crippen molar-refractivity contribution in [1.82, 2.24) is 0 Å². The molecule has 0 bridgehead atoms. The molecule has 0 aliphatic carbocycles. The molecule has 0 fully saturated rings. The summed E-state index contributed by atoms with van der Waals surface area (Å²) in [7, 11) is 0. The van der Waals surface area contributed by atoms with E-state index in [1.54, 1.807) is 0 Å². The lowest BCUT2D eigenvalue weighted by molar-refractivity contribution is -0.137. The van der Waals surface area contributed by atoms with E-state index in [0.29, 0.717) is 5.75 Å². The lowest BCUT2D eigenvalue weighted by Crippen LogP contribution is -2.21. The van der Waals surface area contributed by atoms with Gasteiger partial charge in [-0.05, 0) is 55.3 Å². The Morgan fingerprint density at radius 2 is 1.80 bits per heavy atom. The number of hydrogen-bond donors (Lipinski definition) is 1. The summed E-state index contributed by atoms with van der Waals surface area (Å²) in [6, 6.07) is 6.86. The molecular formula is C17H14BrClF3NO2. The van der Waals surface area contributed by atoms with Crippen LogP contribution in [0, 0.1) is 13.8 Å². The Kier molecular flexibility index (Phi) is 6.00. The van der Waals surface area contributed by atoms with Crippen molar-refractivity contribution in [2.24, 2.45) is 0 Å². The normalized spacial score (nSPS) is 11.3. The summed E-state index contributed by atoms with van der Waals surface area (Å²) in [6.45, 7) is 3.34. The molecule has 3 nitrogen and oxygen atoms in total. The second-order valence-electron chi connectivity index (χ2n) is 5.40. The van der Waals surface area contributed by atoms with Gasteiger partial charge >= 0.3 is 6.18 Å². The molecule has 0 heterocycles. The van der Waals surface area contributed by atoms with Crippen LogP contribution in [0.15, 0.2) is 34.8 Å². The van der Waals surface area contributed by atoms with Crippen LogP contribution in [-0.2, 0) is 11.0 Å². The third kappa shape index (κ3) is 5.12. The van der Waals surface area contributed by atoms with E-state index in [4.69, 9.17) is 16.3 Å².